The molecule has 3 rings (SSSR count). The van der Waals surface area contributed by atoms with Gasteiger partial charge in [-0.25, -0.2) is 0 Å². The van der Waals surface area contributed by atoms with Gasteiger partial charge >= 0.3 is 0 Å². The van der Waals surface area contributed by atoms with Crippen LogP contribution in [0.15, 0.2) is 48.6 Å². The van der Waals surface area contributed by atoms with Crippen LogP contribution in [0.2, 0.25) is 0 Å². The zero-order valence-electron chi connectivity index (χ0n) is 21.6. The molecular weight excluding hydrogens is 583 g/mol. The first-order valence-corrected chi connectivity index (χ1v) is 14.6. The molecule has 3 N–H and O–H groups in total. The lowest BCUT2D eigenvalue weighted by atomic mass is 9.85. The third-order valence-electron chi connectivity index (χ3n) is 7.26. The first-order chi connectivity index (χ1) is 17.9. The van der Waals surface area contributed by atoms with Gasteiger partial charge in [0, 0.05) is 31.5 Å². The van der Waals surface area contributed by atoms with Crippen LogP contribution in [0.3, 0.4) is 0 Å². The lowest BCUT2D eigenvalue weighted by molar-refractivity contribution is -0.140. The van der Waals surface area contributed by atoms with E-state index in [9.17, 15) is 19.8 Å². The van der Waals surface area contributed by atoms with Gasteiger partial charge in [0.15, 0.2) is 0 Å². The summed E-state index contributed by atoms with van der Waals surface area (Å²) >= 11 is 2.18. The molecule has 2 aliphatic rings. The fraction of sp³-hybridized carbons (Fsp3) is 0.586. The van der Waals surface area contributed by atoms with Crippen LogP contribution >= 0.6 is 22.6 Å². The van der Waals surface area contributed by atoms with Crippen molar-refractivity contribution in [3.63, 3.8) is 0 Å². The third-order valence-corrected chi connectivity index (χ3v) is 8.15. The Balaban J connectivity index is 1.88. The SMILES string of the molecule is C=CCCCCC(=O)N(CC1CCCCC1)[C@@H]1CC(C(=O)NCCO)=C[C@H](Oc2ccccc2I)[C@H]1O. The Labute approximate surface area is 234 Å². The summed E-state index contributed by atoms with van der Waals surface area (Å²) in [7, 11) is 0. The zero-order chi connectivity index (χ0) is 26.6. The van der Waals surface area contributed by atoms with Gasteiger partial charge in [-0.2, -0.15) is 0 Å². The highest BCUT2D eigenvalue weighted by molar-refractivity contribution is 14.1. The van der Waals surface area contributed by atoms with Crippen LogP contribution in [0, 0.1) is 9.49 Å². The molecule has 0 aromatic heterocycles. The molecule has 0 heterocycles. The number of nitrogens with one attached hydrogen (secondary N) is 1. The number of hydrogen-bond acceptors (Lipinski definition) is 5. The summed E-state index contributed by atoms with van der Waals surface area (Å²) < 4.78 is 7.13. The predicted octanol–water partition coefficient (Wildman–Crippen LogP) is 4.36. The first-order valence-electron chi connectivity index (χ1n) is 13.5. The van der Waals surface area contributed by atoms with Gasteiger partial charge in [0.05, 0.1) is 16.2 Å². The lowest BCUT2D eigenvalue weighted by Crippen LogP contribution is -2.56. The Hall–Kier alpha value is -1.91. The fourth-order valence-electron chi connectivity index (χ4n) is 5.25. The van der Waals surface area contributed by atoms with E-state index >= 15 is 0 Å². The molecule has 2 aliphatic carbocycles. The van der Waals surface area contributed by atoms with E-state index in [0.29, 0.717) is 30.2 Å². The largest absolute Gasteiger partial charge is 0.482 e. The molecule has 0 spiro atoms. The van der Waals surface area contributed by atoms with Gasteiger partial charge < -0.3 is 25.2 Å². The van der Waals surface area contributed by atoms with Gasteiger partial charge in [0.25, 0.3) is 0 Å². The van der Waals surface area contributed by atoms with Crippen LogP contribution in [-0.4, -0.2) is 64.9 Å². The molecule has 1 aromatic rings. The number of nitrogens with zero attached hydrogens (tertiary/aromatic N) is 1. The summed E-state index contributed by atoms with van der Waals surface area (Å²) in [4.78, 5) is 28.4. The number of hydrogen-bond donors (Lipinski definition) is 3. The van der Waals surface area contributed by atoms with Crippen molar-refractivity contribution < 1.29 is 24.5 Å². The second kappa shape index (κ2) is 15.5. The molecule has 0 saturated heterocycles. The number of aliphatic hydroxyl groups is 2. The number of allylic oxidation sites excluding steroid dienone is 1. The van der Waals surface area contributed by atoms with Crippen LogP contribution in [0.4, 0.5) is 0 Å². The Morgan fingerprint density at radius 2 is 1.95 bits per heavy atom. The highest BCUT2D eigenvalue weighted by atomic mass is 127. The highest BCUT2D eigenvalue weighted by Crippen LogP contribution is 2.32. The number of halogens is 1. The summed E-state index contributed by atoms with van der Waals surface area (Å²) in [5, 5.41) is 23.5. The minimum Gasteiger partial charge on any atom is -0.482 e. The van der Waals surface area contributed by atoms with Gasteiger partial charge in [-0.05, 0) is 78.8 Å². The Morgan fingerprint density at radius 1 is 1.19 bits per heavy atom. The van der Waals surface area contributed by atoms with Crippen molar-refractivity contribution in [1.29, 1.82) is 0 Å². The average molecular weight is 625 g/mol. The quantitative estimate of drug-likeness (QED) is 0.172. The van der Waals surface area contributed by atoms with E-state index in [1.807, 2.05) is 35.2 Å². The van der Waals surface area contributed by atoms with E-state index in [1.165, 1.54) is 6.42 Å². The number of para-hydroxylation sites is 1. The average Bonchev–Trinajstić information content (AvgIpc) is 2.91. The van der Waals surface area contributed by atoms with Crippen LogP contribution < -0.4 is 10.1 Å². The third kappa shape index (κ3) is 8.82. The topological polar surface area (TPSA) is 99.1 Å². The molecule has 0 radical (unpaired) electrons. The second-order valence-corrected chi connectivity index (χ2v) is 11.2. The lowest BCUT2D eigenvalue weighted by Gasteiger charge is -2.42. The van der Waals surface area contributed by atoms with E-state index < -0.39 is 18.2 Å². The number of carbonyl (C=O) groups is 2. The molecule has 2 amide bonds. The van der Waals surface area contributed by atoms with Crippen molar-refractivity contribution in [2.75, 3.05) is 19.7 Å². The van der Waals surface area contributed by atoms with Crippen molar-refractivity contribution in [2.45, 2.75) is 82.5 Å². The number of aliphatic hydroxyl groups excluding tert-OH is 2. The maximum Gasteiger partial charge on any atom is 0.247 e. The summed E-state index contributed by atoms with van der Waals surface area (Å²) in [5.41, 5.74) is 0.466. The number of amides is 2. The van der Waals surface area contributed by atoms with E-state index in [2.05, 4.69) is 34.5 Å². The van der Waals surface area contributed by atoms with Crippen molar-refractivity contribution in [1.82, 2.24) is 10.2 Å². The summed E-state index contributed by atoms with van der Waals surface area (Å²) in [6.45, 7) is 4.33. The summed E-state index contributed by atoms with van der Waals surface area (Å²) in [5.74, 6) is 0.723. The van der Waals surface area contributed by atoms with Crippen LogP contribution in [0.25, 0.3) is 0 Å². The standard InChI is InChI=1S/C29H41IN2O5/c1-2-3-4-8-15-27(34)32(20-21-11-6-5-7-12-21)24-18-22(29(36)31-16-17-33)19-26(28(24)35)37-25-14-10-9-13-23(25)30/h2,9-10,13-14,19,21,24,26,28,33,35H,1,3-8,11-12,15-18,20H2,(H,31,36)/t24-,26+,28+/m1/s1. The normalized spacial score (nSPS) is 22.1. The van der Waals surface area contributed by atoms with Crippen molar-refractivity contribution in [3.8, 4) is 5.75 Å². The molecule has 204 valence electrons. The van der Waals surface area contributed by atoms with Crippen LogP contribution in [0.5, 0.6) is 5.75 Å². The van der Waals surface area contributed by atoms with Crippen LogP contribution in [-0.2, 0) is 9.59 Å². The number of ether oxygens (including phenoxy) is 1. The highest BCUT2D eigenvalue weighted by Gasteiger charge is 2.41. The van der Waals surface area contributed by atoms with Crippen molar-refractivity contribution >= 4 is 34.4 Å². The van der Waals surface area contributed by atoms with Crippen molar-refractivity contribution in [3.05, 3.63) is 52.1 Å². The molecule has 7 nitrogen and oxygen atoms in total. The Bertz CT molecular complexity index is 931. The summed E-state index contributed by atoms with van der Waals surface area (Å²) in [6.07, 6.45) is 10.6. The minimum absolute atomic E-state index is 0.0174. The number of benzene rings is 1. The molecule has 0 bridgehead atoms. The molecule has 37 heavy (non-hydrogen) atoms. The van der Waals surface area contributed by atoms with Gasteiger partial charge in [-0.15, -0.1) is 6.58 Å². The Kier molecular flexibility index (Phi) is 12.4. The Morgan fingerprint density at radius 3 is 2.65 bits per heavy atom. The molecule has 3 atom stereocenters. The van der Waals surface area contributed by atoms with Gasteiger partial charge in [-0.3, -0.25) is 9.59 Å². The zero-order valence-corrected chi connectivity index (χ0v) is 23.8. The van der Waals surface area contributed by atoms with E-state index in [0.717, 1.165) is 48.5 Å². The maximum atomic E-state index is 13.6. The molecule has 8 heteroatoms. The van der Waals surface area contributed by atoms with E-state index in [-0.39, 0.29) is 31.4 Å². The van der Waals surface area contributed by atoms with Crippen molar-refractivity contribution in [2.24, 2.45) is 5.92 Å². The fourth-order valence-corrected chi connectivity index (χ4v) is 5.76. The molecule has 1 saturated carbocycles. The monoisotopic (exact) mass is 624 g/mol. The molecule has 1 aromatic carbocycles. The predicted molar refractivity (Wildman–Crippen MR) is 153 cm³/mol. The molecule has 1 fully saturated rings. The molecular formula is C29H41IN2O5. The summed E-state index contributed by atoms with van der Waals surface area (Å²) in [6, 6.07) is 6.96. The maximum absolute atomic E-state index is 13.6. The van der Waals surface area contributed by atoms with Gasteiger partial charge in [0.2, 0.25) is 11.8 Å². The van der Waals surface area contributed by atoms with E-state index in [4.69, 9.17) is 4.74 Å². The molecule has 0 aliphatic heterocycles. The molecule has 0 unspecified atom stereocenters. The second-order valence-electron chi connectivity index (χ2n) is 10.0. The number of rotatable bonds is 13. The van der Waals surface area contributed by atoms with E-state index in [1.54, 1.807) is 6.08 Å². The van der Waals surface area contributed by atoms with Gasteiger partial charge in [0.1, 0.15) is 18.0 Å². The van der Waals surface area contributed by atoms with Gasteiger partial charge in [-0.1, -0.05) is 37.5 Å². The minimum atomic E-state index is -0.980. The number of unbranched alkanes of at least 4 members (excludes halogenated alkanes) is 2. The van der Waals surface area contributed by atoms with Crippen LogP contribution in [0.1, 0.15) is 64.2 Å². The number of carbonyl (C=O) groups excluding carboxylic acids is 2. The first kappa shape index (κ1) is 29.6. The smallest absolute Gasteiger partial charge is 0.247 e.